The summed E-state index contributed by atoms with van der Waals surface area (Å²) in [5.41, 5.74) is 1.01. The van der Waals surface area contributed by atoms with Gasteiger partial charge in [-0.25, -0.2) is 0 Å². The van der Waals surface area contributed by atoms with Crippen LogP contribution in [0.5, 0.6) is 0 Å². The fraction of sp³-hybridized carbons (Fsp3) is 0.591. The fourth-order valence-electron chi connectivity index (χ4n) is 3.81. The summed E-state index contributed by atoms with van der Waals surface area (Å²) in [6.45, 7) is 6.75. The third kappa shape index (κ3) is 5.33. The lowest BCUT2D eigenvalue weighted by Gasteiger charge is -2.37. The van der Waals surface area contributed by atoms with Crippen LogP contribution in [0.1, 0.15) is 69.7 Å². The van der Waals surface area contributed by atoms with Gasteiger partial charge in [0, 0.05) is 12.1 Å². The Labute approximate surface area is 166 Å². The van der Waals surface area contributed by atoms with E-state index in [4.69, 9.17) is 0 Å². The molecule has 3 N–H and O–H groups in total. The Bertz CT molecular complexity index is 742. The van der Waals surface area contributed by atoms with Crippen molar-refractivity contribution in [2.45, 2.75) is 71.4 Å². The van der Waals surface area contributed by atoms with Crippen molar-refractivity contribution in [3.63, 3.8) is 0 Å². The maximum Gasteiger partial charge on any atom is 0.313 e. The van der Waals surface area contributed by atoms with Gasteiger partial charge in [0.05, 0.1) is 11.3 Å². The molecule has 2 aliphatic rings. The summed E-state index contributed by atoms with van der Waals surface area (Å²) in [6.07, 6.45) is 5.86. The van der Waals surface area contributed by atoms with Gasteiger partial charge in [-0.05, 0) is 62.0 Å². The Morgan fingerprint density at radius 3 is 2.00 bits per heavy atom. The molecule has 3 amide bonds. The van der Waals surface area contributed by atoms with E-state index < -0.39 is 11.8 Å². The number of hydrogen-bond acceptors (Lipinski definition) is 3. The number of nitrogens with one attached hydrogen (secondary N) is 3. The number of para-hydroxylation sites is 1. The minimum absolute atomic E-state index is 0.0326. The minimum Gasteiger partial charge on any atom is -0.349 e. The number of amides is 3. The Hall–Kier alpha value is -2.37. The number of anilines is 1. The standard InChI is InChI=1S/C22H31N3O3/c1-22(2,3)14-8-10-15(11-9-14)24-20(27)21(28)25-18-7-5-4-6-17(18)19(26)23-16-12-13-16/h4-7,14-16H,8-13H2,1-3H3,(H,23,26)(H,24,27)(H,25,28). The largest absolute Gasteiger partial charge is 0.349 e. The van der Waals surface area contributed by atoms with Gasteiger partial charge in [0.25, 0.3) is 5.91 Å². The Morgan fingerprint density at radius 2 is 1.39 bits per heavy atom. The van der Waals surface area contributed by atoms with Crippen LogP contribution in [0.3, 0.4) is 0 Å². The lowest BCUT2D eigenvalue weighted by molar-refractivity contribution is -0.136. The first-order chi connectivity index (χ1) is 13.2. The first kappa shape index (κ1) is 20.4. The van der Waals surface area contributed by atoms with Crippen LogP contribution < -0.4 is 16.0 Å². The molecule has 2 saturated carbocycles. The number of carbonyl (C=O) groups is 3. The van der Waals surface area contributed by atoms with E-state index in [9.17, 15) is 14.4 Å². The van der Waals surface area contributed by atoms with Gasteiger partial charge in [-0.2, -0.15) is 0 Å². The van der Waals surface area contributed by atoms with Crippen LogP contribution in [0.2, 0.25) is 0 Å². The Balaban J connectivity index is 1.54. The summed E-state index contributed by atoms with van der Waals surface area (Å²) >= 11 is 0. The van der Waals surface area contributed by atoms with E-state index in [2.05, 4.69) is 36.7 Å². The predicted molar refractivity (Wildman–Crippen MR) is 109 cm³/mol. The highest BCUT2D eigenvalue weighted by Crippen LogP contribution is 2.37. The molecule has 0 saturated heterocycles. The maximum absolute atomic E-state index is 12.4. The fourth-order valence-corrected chi connectivity index (χ4v) is 3.81. The molecule has 0 radical (unpaired) electrons. The second kappa shape index (κ2) is 8.33. The Kier molecular flexibility index (Phi) is 6.06. The highest BCUT2D eigenvalue weighted by atomic mass is 16.2. The molecule has 1 aromatic carbocycles. The zero-order valence-electron chi connectivity index (χ0n) is 17.0. The molecule has 6 heteroatoms. The van der Waals surface area contributed by atoms with Gasteiger partial charge in [0.15, 0.2) is 0 Å². The van der Waals surface area contributed by atoms with Gasteiger partial charge >= 0.3 is 11.8 Å². The first-order valence-corrected chi connectivity index (χ1v) is 10.3. The summed E-state index contributed by atoms with van der Waals surface area (Å²) in [7, 11) is 0. The van der Waals surface area contributed by atoms with Crippen molar-refractivity contribution in [2.24, 2.45) is 11.3 Å². The van der Waals surface area contributed by atoms with Gasteiger partial charge in [-0.3, -0.25) is 14.4 Å². The topological polar surface area (TPSA) is 87.3 Å². The zero-order chi connectivity index (χ0) is 20.3. The SMILES string of the molecule is CC(C)(C)C1CCC(NC(=O)C(=O)Nc2ccccc2C(=O)NC2CC2)CC1. The molecule has 0 aliphatic heterocycles. The molecule has 0 spiro atoms. The van der Waals surface area contributed by atoms with Crippen molar-refractivity contribution >= 4 is 23.4 Å². The summed E-state index contributed by atoms with van der Waals surface area (Å²) < 4.78 is 0. The molecule has 2 aliphatic carbocycles. The second-order valence-electron chi connectivity index (χ2n) is 9.14. The van der Waals surface area contributed by atoms with Gasteiger partial charge < -0.3 is 16.0 Å². The predicted octanol–water partition coefficient (Wildman–Crippen LogP) is 3.24. The zero-order valence-corrected chi connectivity index (χ0v) is 17.0. The molecule has 28 heavy (non-hydrogen) atoms. The monoisotopic (exact) mass is 385 g/mol. The third-order valence-electron chi connectivity index (χ3n) is 5.83. The number of benzene rings is 1. The van der Waals surface area contributed by atoms with E-state index in [-0.39, 0.29) is 23.4 Å². The molecule has 152 valence electrons. The van der Waals surface area contributed by atoms with Crippen molar-refractivity contribution < 1.29 is 14.4 Å². The van der Waals surface area contributed by atoms with E-state index in [0.29, 0.717) is 17.2 Å². The quantitative estimate of drug-likeness (QED) is 0.696. The average Bonchev–Trinajstić information content (AvgIpc) is 3.45. The summed E-state index contributed by atoms with van der Waals surface area (Å²) in [5.74, 6) is -0.952. The molecule has 1 aromatic rings. The van der Waals surface area contributed by atoms with Gasteiger partial charge in [-0.15, -0.1) is 0 Å². The molecule has 2 fully saturated rings. The molecule has 0 bridgehead atoms. The van der Waals surface area contributed by atoms with Crippen molar-refractivity contribution in [1.29, 1.82) is 0 Å². The van der Waals surface area contributed by atoms with E-state index >= 15 is 0 Å². The highest BCUT2D eigenvalue weighted by Gasteiger charge is 2.31. The van der Waals surface area contributed by atoms with Crippen molar-refractivity contribution in [1.82, 2.24) is 10.6 Å². The summed E-state index contributed by atoms with van der Waals surface area (Å²) in [5, 5.41) is 8.35. The smallest absolute Gasteiger partial charge is 0.313 e. The third-order valence-corrected chi connectivity index (χ3v) is 5.83. The summed E-state index contributed by atoms with van der Waals surface area (Å²) in [4.78, 5) is 37.0. The van der Waals surface area contributed by atoms with Crippen LogP contribution in [-0.4, -0.2) is 29.8 Å². The molecule has 0 aromatic heterocycles. The van der Waals surface area contributed by atoms with Gasteiger partial charge in [0.2, 0.25) is 0 Å². The number of carbonyl (C=O) groups excluding carboxylic acids is 3. The van der Waals surface area contributed by atoms with E-state index in [1.54, 1.807) is 24.3 Å². The van der Waals surface area contributed by atoms with Crippen LogP contribution in [0.4, 0.5) is 5.69 Å². The van der Waals surface area contributed by atoms with Gasteiger partial charge in [-0.1, -0.05) is 32.9 Å². The molecular formula is C22H31N3O3. The molecule has 0 atom stereocenters. The molecule has 6 nitrogen and oxygen atoms in total. The lowest BCUT2D eigenvalue weighted by Crippen LogP contribution is -2.44. The molecular weight excluding hydrogens is 354 g/mol. The van der Waals surface area contributed by atoms with Crippen molar-refractivity contribution in [3.8, 4) is 0 Å². The maximum atomic E-state index is 12.4. The van der Waals surface area contributed by atoms with E-state index in [0.717, 1.165) is 38.5 Å². The van der Waals surface area contributed by atoms with Crippen LogP contribution in [0.15, 0.2) is 24.3 Å². The Morgan fingerprint density at radius 1 is 0.821 bits per heavy atom. The highest BCUT2D eigenvalue weighted by molar-refractivity contribution is 6.40. The number of hydrogen-bond donors (Lipinski definition) is 3. The second-order valence-corrected chi connectivity index (χ2v) is 9.14. The normalized spacial score (nSPS) is 22.2. The van der Waals surface area contributed by atoms with Gasteiger partial charge in [0.1, 0.15) is 0 Å². The molecule has 3 rings (SSSR count). The van der Waals surface area contributed by atoms with Crippen LogP contribution >= 0.6 is 0 Å². The lowest BCUT2D eigenvalue weighted by atomic mass is 9.71. The minimum atomic E-state index is -0.732. The van der Waals surface area contributed by atoms with Crippen LogP contribution in [-0.2, 0) is 9.59 Å². The average molecular weight is 386 g/mol. The van der Waals surface area contributed by atoms with Crippen LogP contribution in [0, 0.1) is 11.3 Å². The molecule has 0 unspecified atom stereocenters. The van der Waals surface area contributed by atoms with Crippen molar-refractivity contribution in [2.75, 3.05) is 5.32 Å². The van der Waals surface area contributed by atoms with Crippen molar-refractivity contribution in [3.05, 3.63) is 29.8 Å². The van der Waals surface area contributed by atoms with E-state index in [1.807, 2.05) is 0 Å². The number of rotatable bonds is 4. The molecule has 0 heterocycles. The summed E-state index contributed by atoms with van der Waals surface area (Å²) in [6, 6.07) is 7.02. The first-order valence-electron chi connectivity index (χ1n) is 10.3. The van der Waals surface area contributed by atoms with Crippen LogP contribution in [0.25, 0.3) is 0 Å². The van der Waals surface area contributed by atoms with E-state index in [1.165, 1.54) is 0 Å².